The van der Waals surface area contributed by atoms with Gasteiger partial charge in [-0.3, -0.25) is 9.59 Å². The zero-order valence-electron chi connectivity index (χ0n) is 14.0. The number of anilines is 2. The van der Waals surface area contributed by atoms with Crippen LogP contribution in [0.2, 0.25) is 0 Å². The van der Waals surface area contributed by atoms with E-state index in [0.29, 0.717) is 22.3 Å². The SMILES string of the molecule is CNc1c(C)c(C)c(NC)c2c1C(=O)c1cccc(C)c1C2=O. The fraction of sp³-hybridized carbons (Fsp3) is 0.263. The summed E-state index contributed by atoms with van der Waals surface area (Å²) in [5, 5.41) is 6.23. The average Bonchev–Trinajstić information content (AvgIpc) is 2.54. The van der Waals surface area contributed by atoms with E-state index in [0.717, 1.165) is 28.1 Å². The zero-order chi connectivity index (χ0) is 16.9. The minimum absolute atomic E-state index is 0.0864. The second kappa shape index (κ2) is 5.23. The van der Waals surface area contributed by atoms with Crippen LogP contribution in [0.3, 0.4) is 0 Å². The molecule has 0 unspecified atom stereocenters. The third-order valence-corrected chi connectivity index (χ3v) is 4.76. The second-order valence-corrected chi connectivity index (χ2v) is 5.91. The summed E-state index contributed by atoms with van der Waals surface area (Å²) in [6, 6.07) is 5.43. The first-order valence-corrected chi connectivity index (χ1v) is 7.65. The molecule has 2 N–H and O–H groups in total. The van der Waals surface area contributed by atoms with E-state index in [1.807, 2.05) is 32.9 Å². The van der Waals surface area contributed by atoms with E-state index in [1.165, 1.54) is 0 Å². The first kappa shape index (κ1) is 15.3. The molecule has 0 radical (unpaired) electrons. The molecule has 23 heavy (non-hydrogen) atoms. The monoisotopic (exact) mass is 308 g/mol. The summed E-state index contributed by atoms with van der Waals surface area (Å²) in [5.41, 5.74) is 6.23. The van der Waals surface area contributed by atoms with E-state index in [1.54, 1.807) is 20.2 Å². The standard InChI is InChI=1S/C19H20N2O2/c1-9-7-6-8-12-13(9)19(23)15-14(18(12)22)16(20-4)10(2)11(3)17(15)21-5/h6-8,20-21H,1-5H3. The number of benzene rings is 2. The summed E-state index contributed by atoms with van der Waals surface area (Å²) in [4.78, 5) is 26.3. The van der Waals surface area contributed by atoms with Crippen molar-refractivity contribution in [1.29, 1.82) is 0 Å². The van der Waals surface area contributed by atoms with Crippen LogP contribution in [0.5, 0.6) is 0 Å². The molecule has 118 valence electrons. The van der Waals surface area contributed by atoms with E-state index in [9.17, 15) is 9.59 Å². The van der Waals surface area contributed by atoms with Crippen molar-refractivity contribution in [2.24, 2.45) is 0 Å². The molecule has 0 spiro atoms. The number of hydrogen-bond donors (Lipinski definition) is 2. The topological polar surface area (TPSA) is 58.2 Å². The molecule has 1 aliphatic carbocycles. The van der Waals surface area contributed by atoms with Crippen LogP contribution in [0.15, 0.2) is 18.2 Å². The number of rotatable bonds is 2. The molecule has 4 nitrogen and oxygen atoms in total. The molecule has 0 amide bonds. The molecule has 2 aromatic rings. The normalized spacial score (nSPS) is 12.7. The Morgan fingerprint density at radius 2 is 1.26 bits per heavy atom. The van der Waals surface area contributed by atoms with Crippen LogP contribution in [0.4, 0.5) is 11.4 Å². The Kier molecular flexibility index (Phi) is 3.48. The fourth-order valence-corrected chi connectivity index (χ4v) is 3.50. The molecule has 2 aromatic carbocycles. The van der Waals surface area contributed by atoms with Crippen molar-refractivity contribution < 1.29 is 9.59 Å². The Balaban J connectivity index is 2.48. The van der Waals surface area contributed by atoms with Gasteiger partial charge >= 0.3 is 0 Å². The second-order valence-electron chi connectivity index (χ2n) is 5.91. The summed E-state index contributed by atoms with van der Waals surface area (Å²) < 4.78 is 0. The van der Waals surface area contributed by atoms with Gasteiger partial charge in [0, 0.05) is 36.6 Å². The lowest BCUT2D eigenvalue weighted by molar-refractivity contribution is 0.0979. The Morgan fingerprint density at radius 3 is 1.78 bits per heavy atom. The highest BCUT2D eigenvalue weighted by atomic mass is 16.1. The van der Waals surface area contributed by atoms with Gasteiger partial charge in [0.25, 0.3) is 0 Å². The third-order valence-electron chi connectivity index (χ3n) is 4.76. The highest BCUT2D eigenvalue weighted by molar-refractivity contribution is 6.32. The predicted molar refractivity (Wildman–Crippen MR) is 93.1 cm³/mol. The lowest BCUT2D eigenvalue weighted by Crippen LogP contribution is -2.25. The predicted octanol–water partition coefficient (Wildman–Crippen LogP) is 3.47. The van der Waals surface area contributed by atoms with Gasteiger partial charge in [0.1, 0.15) is 0 Å². The van der Waals surface area contributed by atoms with Crippen LogP contribution in [-0.2, 0) is 0 Å². The molecule has 0 atom stereocenters. The first-order valence-electron chi connectivity index (χ1n) is 7.65. The van der Waals surface area contributed by atoms with Crippen LogP contribution in [-0.4, -0.2) is 25.7 Å². The zero-order valence-corrected chi connectivity index (χ0v) is 14.0. The lowest BCUT2D eigenvalue weighted by atomic mass is 9.78. The summed E-state index contributed by atoms with van der Waals surface area (Å²) in [6.45, 7) is 5.80. The molecule has 0 aliphatic heterocycles. The van der Waals surface area contributed by atoms with Crippen molar-refractivity contribution in [1.82, 2.24) is 0 Å². The molecule has 0 aromatic heterocycles. The van der Waals surface area contributed by atoms with E-state index in [4.69, 9.17) is 0 Å². The lowest BCUT2D eigenvalue weighted by Gasteiger charge is -2.27. The summed E-state index contributed by atoms with van der Waals surface area (Å²) in [6.07, 6.45) is 0. The van der Waals surface area contributed by atoms with Gasteiger partial charge in [-0.2, -0.15) is 0 Å². The van der Waals surface area contributed by atoms with Crippen LogP contribution in [0.1, 0.15) is 48.5 Å². The number of aryl methyl sites for hydroxylation is 1. The first-order chi connectivity index (χ1) is 10.9. The molecule has 3 rings (SSSR count). The number of ketones is 2. The maximum absolute atomic E-state index is 13.2. The molecule has 0 fully saturated rings. The van der Waals surface area contributed by atoms with Gasteiger partial charge < -0.3 is 10.6 Å². The van der Waals surface area contributed by atoms with Crippen LogP contribution < -0.4 is 10.6 Å². The van der Waals surface area contributed by atoms with Gasteiger partial charge in [-0.15, -0.1) is 0 Å². The average molecular weight is 308 g/mol. The maximum Gasteiger partial charge on any atom is 0.196 e. The Bertz CT molecular complexity index is 866. The number of fused-ring (bicyclic) bond motifs is 2. The number of carbonyl (C=O) groups excluding carboxylic acids is 2. The molecule has 1 aliphatic rings. The number of carbonyl (C=O) groups is 2. The summed E-state index contributed by atoms with van der Waals surface area (Å²) >= 11 is 0. The molecule has 4 heteroatoms. The minimum atomic E-state index is -0.0951. The summed E-state index contributed by atoms with van der Waals surface area (Å²) in [7, 11) is 3.57. The highest BCUT2D eigenvalue weighted by Gasteiger charge is 2.36. The molecule has 0 bridgehead atoms. The van der Waals surface area contributed by atoms with E-state index < -0.39 is 0 Å². The fourth-order valence-electron chi connectivity index (χ4n) is 3.50. The van der Waals surface area contributed by atoms with Crippen LogP contribution in [0, 0.1) is 20.8 Å². The van der Waals surface area contributed by atoms with Gasteiger partial charge in [-0.1, -0.05) is 18.2 Å². The quantitative estimate of drug-likeness (QED) is 0.761. The minimum Gasteiger partial charge on any atom is -0.387 e. The Labute approximate surface area is 135 Å². The Morgan fingerprint density at radius 1 is 0.739 bits per heavy atom. The van der Waals surface area contributed by atoms with Crippen LogP contribution >= 0.6 is 0 Å². The van der Waals surface area contributed by atoms with Crippen molar-refractivity contribution in [2.75, 3.05) is 24.7 Å². The summed E-state index contributed by atoms with van der Waals surface area (Å²) in [5.74, 6) is -0.182. The van der Waals surface area contributed by atoms with Crippen molar-refractivity contribution in [3.05, 3.63) is 57.1 Å². The Hall–Kier alpha value is -2.62. The van der Waals surface area contributed by atoms with E-state index in [2.05, 4.69) is 10.6 Å². The third kappa shape index (κ3) is 1.91. The van der Waals surface area contributed by atoms with Gasteiger partial charge in [-0.05, 0) is 37.5 Å². The van der Waals surface area contributed by atoms with Crippen molar-refractivity contribution in [3.63, 3.8) is 0 Å². The molecule has 0 heterocycles. The van der Waals surface area contributed by atoms with Crippen molar-refractivity contribution in [2.45, 2.75) is 20.8 Å². The smallest absolute Gasteiger partial charge is 0.196 e. The maximum atomic E-state index is 13.2. The molecular formula is C19H20N2O2. The van der Waals surface area contributed by atoms with Gasteiger partial charge in [0.2, 0.25) is 0 Å². The van der Waals surface area contributed by atoms with E-state index >= 15 is 0 Å². The molecule has 0 saturated heterocycles. The largest absolute Gasteiger partial charge is 0.387 e. The highest BCUT2D eigenvalue weighted by Crippen LogP contribution is 2.41. The molecule has 0 saturated carbocycles. The number of nitrogens with one attached hydrogen (secondary N) is 2. The van der Waals surface area contributed by atoms with Crippen LogP contribution in [0.25, 0.3) is 0 Å². The molecular weight excluding hydrogens is 288 g/mol. The van der Waals surface area contributed by atoms with Gasteiger partial charge in [-0.25, -0.2) is 0 Å². The van der Waals surface area contributed by atoms with Crippen molar-refractivity contribution >= 4 is 22.9 Å². The van der Waals surface area contributed by atoms with Gasteiger partial charge in [0.05, 0.1) is 11.1 Å². The van der Waals surface area contributed by atoms with Crippen molar-refractivity contribution in [3.8, 4) is 0 Å². The number of hydrogen-bond acceptors (Lipinski definition) is 4. The van der Waals surface area contributed by atoms with Gasteiger partial charge in [0.15, 0.2) is 11.6 Å². The van der Waals surface area contributed by atoms with E-state index in [-0.39, 0.29) is 11.6 Å².